The van der Waals surface area contributed by atoms with Crippen LogP contribution in [0.3, 0.4) is 0 Å². The Kier molecular flexibility index (Phi) is 3.81. The van der Waals surface area contributed by atoms with Gasteiger partial charge in [0.05, 0.1) is 5.60 Å². The standard InChI is InChI=1S/C14H27NO2/c1-13(2,3)12(15)11-4-7-17-14(10-11)5-8-16-9-6-14/h11-12H,4-10,15H2,1-3H3. The van der Waals surface area contributed by atoms with Gasteiger partial charge in [0.1, 0.15) is 0 Å². The van der Waals surface area contributed by atoms with E-state index in [0.717, 1.165) is 45.5 Å². The van der Waals surface area contributed by atoms with Crippen LogP contribution in [0.5, 0.6) is 0 Å². The molecular weight excluding hydrogens is 214 g/mol. The maximum atomic E-state index is 6.43. The molecule has 100 valence electrons. The van der Waals surface area contributed by atoms with E-state index >= 15 is 0 Å². The third-order valence-electron chi connectivity index (χ3n) is 4.44. The Balaban J connectivity index is 2.01. The summed E-state index contributed by atoms with van der Waals surface area (Å²) >= 11 is 0. The Morgan fingerprint density at radius 2 is 1.82 bits per heavy atom. The van der Waals surface area contributed by atoms with Crippen molar-refractivity contribution in [1.82, 2.24) is 0 Å². The van der Waals surface area contributed by atoms with Crippen LogP contribution in [0.15, 0.2) is 0 Å². The third kappa shape index (κ3) is 3.01. The van der Waals surface area contributed by atoms with Gasteiger partial charge in [-0.15, -0.1) is 0 Å². The van der Waals surface area contributed by atoms with Crippen molar-refractivity contribution >= 4 is 0 Å². The van der Waals surface area contributed by atoms with E-state index in [1.165, 1.54) is 0 Å². The summed E-state index contributed by atoms with van der Waals surface area (Å²) in [4.78, 5) is 0. The van der Waals surface area contributed by atoms with Gasteiger partial charge in [-0.2, -0.15) is 0 Å². The van der Waals surface area contributed by atoms with Crippen LogP contribution < -0.4 is 5.73 Å². The highest BCUT2D eigenvalue weighted by Crippen LogP contribution is 2.40. The summed E-state index contributed by atoms with van der Waals surface area (Å²) in [6.07, 6.45) is 4.32. The fraction of sp³-hybridized carbons (Fsp3) is 1.00. The zero-order valence-corrected chi connectivity index (χ0v) is 11.5. The number of hydrogen-bond donors (Lipinski definition) is 1. The summed E-state index contributed by atoms with van der Waals surface area (Å²) in [6, 6.07) is 0.270. The van der Waals surface area contributed by atoms with E-state index < -0.39 is 0 Å². The molecule has 2 aliphatic heterocycles. The molecule has 2 rings (SSSR count). The van der Waals surface area contributed by atoms with Crippen molar-refractivity contribution in [3.05, 3.63) is 0 Å². The summed E-state index contributed by atoms with van der Waals surface area (Å²) in [6.45, 7) is 9.28. The van der Waals surface area contributed by atoms with Gasteiger partial charge in [-0.25, -0.2) is 0 Å². The minimum Gasteiger partial charge on any atom is -0.381 e. The highest BCUT2D eigenvalue weighted by molar-refractivity contribution is 4.94. The van der Waals surface area contributed by atoms with Crippen LogP contribution in [-0.4, -0.2) is 31.5 Å². The first-order valence-electron chi connectivity index (χ1n) is 6.90. The molecule has 1 spiro atoms. The third-order valence-corrected chi connectivity index (χ3v) is 4.44. The smallest absolute Gasteiger partial charge is 0.0729 e. The zero-order chi connectivity index (χ0) is 12.5. The molecule has 17 heavy (non-hydrogen) atoms. The minimum atomic E-state index is 0.0734. The molecule has 2 saturated heterocycles. The minimum absolute atomic E-state index is 0.0734. The number of hydrogen-bond acceptors (Lipinski definition) is 3. The summed E-state index contributed by atoms with van der Waals surface area (Å²) < 4.78 is 11.5. The first kappa shape index (κ1) is 13.3. The quantitative estimate of drug-likeness (QED) is 0.766. The Hall–Kier alpha value is -0.120. The molecule has 0 bridgehead atoms. The van der Waals surface area contributed by atoms with Gasteiger partial charge in [0.25, 0.3) is 0 Å². The van der Waals surface area contributed by atoms with Crippen molar-refractivity contribution in [2.24, 2.45) is 17.1 Å². The summed E-state index contributed by atoms with van der Waals surface area (Å²) in [5.41, 5.74) is 6.69. The molecule has 0 saturated carbocycles. The first-order valence-corrected chi connectivity index (χ1v) is 6.90. The topological polar surface area (TPSA) is 44.5 Å². The van der Waals surface area contributed by atoms with Gasteiger partial charge in [0, 0.05) is 25.9 Å². The van der Waals surface area contributed by atoms with Crippen LogP contribution in [0.1, 0.15) is 46.5 Å². The Morgan fingerprint density at radius 1 is 1.18 bits per heavy atom. The van der Waals surface area contributed by atoms with Gasteiger partial charge in [-0.05, 0) is 37.0 Å². The Morgan fingerprint density at radius 3 is 2.41 bits per heavy atom. The van der Waals surface area contributed by atoms with Gasteiger partial charge in [-0.3, -0.25) is 0 Å². The molecule has 0 aromatic rings. The molecule has 2 heterocycles. The van der Waals surface area contributed by atoms with Gasteiger partial charge in [0.15, 0.2) is 0 Å². The molecule has 0 aromatic heterocycles. The van der Waals surface area contributed by atoms with E-state index in [-0.39, 0.29) is 17.1 Å². The number of ether oxygens (including phenoxy) is 2. The molecule has 2 aliphatic rings. The highest BCUT2D eigenvalue weighted by Gasteiger charge is 2.42. The van der Waals surface area contributed by atoms with Crippen LogP contribution in [0, 0.1) is 11.3 Å². The second kappa shape index (κ2) is 4.87. The molecule has 2 unspecified atom stereocenters. The molecule has 2 atom stereocenters. The van der Waals surface area contributed by atoms with Gasteiger partial charge in [-0.1, -0.05) is 20.8 Å². The molecule has 0 aliphatic carbocycles. The predicted molar refractivity (Wildman–Crippen MR) is 68.9 cm³/mol. The van der Waals surface area contributed by atoms with Crippen LogP contribution >= 0.6 is 0 Å². The van der Waals surface area contributed by atoms with Crippen molar-refractivity contribution in [3.8, 4) is 0 Å². The van der Waals surface area contributed by atoms with Crippen molar-refractivity contribution in [2.45, 2.75) is 58.1 Å². The lowest BCUT2D eigenvalue weighted by molar-refractivity contribution is -0.151. The lowest BCUT2D eigenvalue weighted by Crippen LogP contribution is -2.51. The van der Waals surface area contributed by atoms with Gasteiger partial charge >= 0.3 is 0 Å². The van der Waals surface area contributed by atoms with Crippen molar-refractivity contribution < 1.29 is 9.47 Å². The van der Waals surface area contributed by atoms with Crippen LogP contribution in [0.2, 0.25) is 0 Å². The van der Waals surface area contributed by atoms with Gasteiger partial charge < -0.3 is 15.2 Å². The second-order valence-corrected chi connectivity index (χ2v) is 6.79. The monoisotopic (exact) mass is 241 g/mol. The number of rotatable bonds is 1. The van der Waals surface area contributed by atoms with E-state index in [1.807, 2.05) is 0 Å². The molecular formula is C14H27NO2. The Bertz CT molecular complexity index is 248. The van der Waals surface area contributed by atoms with Gasteiger partial charge in [0.2, 0.25) is 0 Å². The lowest BCUT2D eigenvalue weighted by Gasteiger charge is -2.46. The fourth-order valence-electron chi connectivity index (χ4n) is 3.17. The van der Waals surface area contributed by atoms with Crippen LogP contribution in [0.4, 0.5) is 0 Å². The SMILES string of the molecule is CC(C)(C)C(N)C1CCOC2(CCOCC2)C1. The van der Waals surface area contributed by atoms with E-state index in [0.29, 0.717) is 5.92 Å². The zero-order valence-electron chi connectivity index (χ0n) is 11.5. The average molecular weight is 241 g/mol. The summed E-state index contributed by atoms with van der Waals surface area (Å²) in [5, 5.41) is 0. The first-order chi connectivity index (χ1) is 7.93. The number of nitrogens with two attached hydrogens (primary N) is 1. The normalized spacial score (nSPS) is 31.4. The fourth-order valence-corrected chi connectivity index (χ4v) is 3.17. The maximum absolute atomic E-state index is 6.43. The lowest BCUT2D eigenvalue weighted by atomic mass is 9.71. The van der Waals surface area contributed by atoms with Crippen molar-refractivity contribution in [3.63, 3.8) is 0 Å². The second-order valence-electron chi connectivity index (χ2n) is 6.79. The van der Waals surface area contributed by atoms with Crippen LogP contribution in [-0.2, 0) is 9.47 Å². The molecule has 0 radical (unpaired) electrons. The molecule has 0 aromatic carbocycles. The van der Waals surface area contributed by atoms with E-state index in [1.54, 1.807) is 0 Å². The maximum Gasteiger partial charge on any atom is 0.0729 e. The molecule has 3 nitrogen and oxygen atoms in total. The van der Waals surface area contributed by atoms with Crippen molar-refractivity contribution in [2.75, 3.05) is 19.8 Å². The molecule has 2 N–H and O–H groups in total. The summed E-state index contributed by atoms with van der Waals surface area (Å²) in [5.74, 6) is 0.599. The van der Waals surface area contributed by atoms with E-state index in [9.17, 15) is 0 Å². The predicted octanol–water partition coefficient (Wildman–Crippen LogP) is 2.34. The average Bonchev–Trinajstić information content (AvgIpc) is 2.28. The Labute approximate surface area is 105 Å². The molecule has 2 fully saturated rings. The summed E-state index contributed by atoms with van der Waals surface area (Å²) in [7, 11) is 0. The largest absolute Gasteiger partial charge is 0.381 e. The highest BCUT2D eigenvalue weighted by atomic mass is 16.5. The molecule has 3 heteroatoms. The van der Waals surface area contributed by atoms with E-state index in [4.69, 9.17) is 15.2 Å². The van der Waals surface area contributed by atoms with E-state index in [2.05, 4.69) is 20.8 Å². The van der Waals surface area contributed by atoms with Crippen molar-refractivity contribution in [1.29, 1.82) is 0 Å². The van der Waals surface area contributed by atoms with Crippen LogP contribution in [0.25, 0.3) is 0 Å². The molecule has 0 amide bonds.